The molecule has 4 rings (SSSR count). The molecule has 2 saturated carbocycles. The maximum absolute atomic E-state index is 13.4. The van der Waals surface area contributed by atoms with Crippen molar-refractivity contribution in [3.8, 4) is 0 Å². The van der Waals surface area contributed by atoms with E-state index in [0.29, 0.717) is 12.5 Å². The molecule has 7 heteroatoms. The topological polar surface area (TPSA) is 57.7 Å². The predicted octanol–water partition coefficient (Wildman–Crippen LogP) is 2.49. The van der Waals surface area contributed by atoms with Gasteiger partial charge in [0.05, 0.1) is 17.7 Å². The Kier molecular flexibility index (Phi) is 4.11. The van der Waals surface area contributed by atoms with E-state index in [1.54, 1.807) is 0 Å². The van der Waals surface area contributed by atoms with Gasteiger partial charge in [0.25, 0.3) is 0 Å². The van der Waals surface area contributed by atoms with Crippen molar-refractivity contribution in [3.63, 3.8) is 0 Å². The highest BCUT2D eigenvalue weighted by atomic mass is 32.2. The minimum atomic E-state index is -3.50. The average molecular weight is 386 g/mol. The lowest BCUT2D eigenvalue weighted by atomic mass is 9.69. The fourth-order valence-electron chi connectivity index (χ4n) is 6.59. The van der Waals surface area contributed by atoms with Crippen LogP contribution >= 0.6 is 9.39 Å². The highest BCUT2D eigenvalue weighted by Crippen LogP contribution is 2.70. The maximum atomic E-state index is 13.4. The van der Waals surface area contributed by atoms with Crippen LogP contribution in [0.15, 0.2) is 0 Å². The lowest BCUT2D eigenvalue weighted by Gasteiger charge is -2.37. The third-order valence-electron chi connectivity index (χ3n) is 8.07. The summed E-state index contributed by atoms with van der Waals surface area (Å²) in [7, 11) is -0.801. The Labute approximate surface area is 154 Å². The molecule has 5 nitrogen and oxygen atoms in total. The quantitative estimate of drug-likeness (QED) is 0.700. The van der Waals surface area contributed by atoms with Gasteiger partial charge in [-0.25, -0.2) is 12.7 Å². The second-order valence-corrected chi connectivity index (χ2v) is 11.9. The number of nitrogens with zero attached hydrogens (tertiary/aromatic N) is 2. The van der Waals surface area contributed by atoms with Crippen molar-refractivity contribution in [2.45, 2.75) is 58.9 Å². The van der Waals surface area contributed by atoms with Crippen LogP contribution in [0.1, 0.15) is 52.9 Å². The average Bonchev–Trinajstić information content (AvgIpc) is 3.12. The van der Waals surface area contributed by atoms with Crippen LogP contribution in [0.3, 0.4) is 0 Å². The van der Waals surface area contributed by atoms with E-state index in [9.17, 15) is 13.2 Å². The number of rotatable bonds is 3. The van der Waals surface area contributed by atoms with E-state index in [4.69, 9.17) is 0 Å². The van der Waals surface area contributed by atoms with Gasteiger partial charge in [-0.1, -0.05) is 36.6 Å². The molecule has 2 saturated heterocycles. The van der Waals surface area contributed by atoms with Gasteiger partial charge in [-0.2, -0.15) is 0 Å². The van der Waals surface area contributed by atoms with Crippen LogP contribution in [-0.4, -0.2) is 48.2 Å². The smallest absolute Gasteiger partial charge is 0.241 e. The van der Waals surface area contributed by atoms with E-state index in [1.165, 1.54) is 4.31 Å². The first-order valence-corrected chi connectivity index (χ1v) is 11.8. The first-order valence-electron chi connectivity index (χ1n) is 9.69. The molecule has 2 unspecified atom stereocenters. The van der Waals surface area contributed by atoms with Gasteiger partial charge < -0.3 is 0 Å². The summed E-state index contributed by atoms with van der Waals surface area (Å²) in [4.78, 5) is 13.4. The van der Waals surface area contributed by atoms with Crippen molar-refractivity contribution in [3.05, 3.63) is 0 Å². The van der Waals surface area contributed by atoms with Crippen molar-refractivity contribution in [2.75, 3.05) is 18.8 Å². The van der Waals surface area contributed by atoms with Gasteiger partial charge in [-0.15, -0.1) is 0 Å². The molecule has 4 fully saturated rings. The third-order valence-corrected chi connectivity index (χ3v) is 10.4. The van der Waals surface area contributed by atoms with E-state index < -0.39 is 10.0 Å². The molecule has 0 radical (unpaired) electrons. The van der Waals surface area contributed by atoms with Crippen LogP contribution in [0.5, 0.6) is 0 Å². The number of hydrogen-bond donors (Lipinski definition) is 0. The highest BCUT2D eigenvalue weighted by molar-refractivity contribution is 7.90. The van der Waals surface area contributed by atoms with Crippen LogP contribution in [0.2, 0.25) is 0 Å². The number of hydrogen-bond acceptors (Lipinski definition) is 4. The number of carbonyl (C=O) groups excluding carboxylic acids is 1. The van der Waals surface area contributed by atoms with Crippen molar-refractivity contribution in [2.24, 2.45) is 28.6 Å². The van der Waals surface area contributed by atoms with E-state index in [0.717, 1.165) is 38.6 Å². The Morgan fingerprint density at radius 3 is 2.64 bits per heavy atom. The van der Waals surface area contributed by atoms with Gasteiger partial charge in [0.2, 0.25) is 15.9 Å². The zero-order valence-electron chi connectivity index (χ0n) is 15.6. The minimum absolute atomic E-state index is 0.0188. The predicted molar refractivity (Wildman–Crippen MR) is 101 cm³/mol. The summed E-state index contributed by atoms with van der Waals surface area (Å²) in [6, 6.07) is -0.0976. The molecule has 25 heavy (non-hydrogen) atoms. The monoisotopic (exact) mass is 386 g/mol. The molecule has 1 amide bonds. The summed E-state index contributed by atoms with van der Waals surface area (Å²) in [5, 5.41) is 0. The molecule has 0 aromatic carbocycles. The first kappa shape index (κ1) is 18.2. The maximum Gasteiger partial charge on any atom is 0.241 e. The van der Waals surface area contributed by atoms with Gasteiger partial charge in [0.15, 0.2) is 0 Å². The van der Waals surface area contributed by atoms with Gasteiger partial charge in [-0.05, 0) is 42.9 Å². The molecule has 6 atom stereocenters. The summed E-state index contributed by atoms with van der Waals surface area (Å²) in [6.45, 7) is 8.12. The first-order chi connectivity index (χ1) is 11.6. The molecule has 2 aliphatic heterocycles. The second kappa shape index (κ2) is 5.65. The standard InChI is InChI=1S/C18H31N2O3PS/c1-4-5-12-9-19(24)10-14(12)16(21)20-15-8-13-6-7-18(15,17(13,2)3)11-25(20,22)23/h12-15H,4-11,24H2,1-3H3/t12-,13?,14+,15+,18+/m1/s1. The molecular formula is C18H31N2O3PS. The second-order valence-electron chi connectivity index (χ2n) is 9.36. The van der Waals surface area contributed by atoms with Gasteiger partial charge >= 0.3 is 0 Å². The Morgan fingerprint density at radius 1 is 1.28 bits per heavy atom. The Bertz CT molecular complexity index is 694. The molecule has 0 aromatic heterocycles. The number of amides is 1. The van der Waals surface area contributed by atoms with Crippen LogP contribution in [0.4, 0.5) is 0 Å². The molecule has 0 aromatic rings. The lowest BCUT2D eigenvalue weighted by Crippen LogP contribution is -2.47. The molecule has 142 valence electrons. The Morgan fingerprint density at radius 2 is 2.00 bits per heavy atom. The SMILES string of the molecule is CCC[C@@H]1CN(P)C[C@@H]1C(=O)N1[C@H]2CC3CC[C@@]2(CS1(=O)=O)C3(C)C. The third kappa shape index (κ3) is 2.32. The van der Waals surface area contributed by atoms with E-state index in [1.807, 2.05) is 0 Å². The summed E-state index contributed by atoms with van der Waals surface area (Å²) < 4.78 is 29.6. The summed E-state index contributed by atoms with van der Waals surface area (Å²) in [6.07, 6.45) is 4.95. The molecule has 1 spiro atoms. The zero-order valence-corrected chi connectivity index (χ0v) is 17.5. The fourth-order valence-corrected chi connectivity index (χ4v) is 9.67. The molecule has 2 bridgehead atoms. The Hall–Kier alpha value is -0.190. The van der Waals surface area contributed by atoms with Gasteiger partial charge in [0.1, 0.15) is 0 Å². The normalized spacial score (nSPS) is 44.4. The number of fused-ring (bicyclic) bond motifs is 1. The van der Waals surface area contributed by atoms with Crippen molar-refractivity contribution in [1.82, 2.24) is 8.98 Å². The molecular weight excluding hydrogens is 355 g/mol. The van der Waals surface area contributed by atoms with Gasteiger partial charge in [0, 0.05) is 18.5 Å². The largest absolute Gasteiger partial charge is 0.286 e. The van der Waals surface area contributed by atoms with Crippen molar-refractivity contribution in [1.29, 1.82) is 0 Å². The van der Waals surface area contributed by atoms with Crippen LogP contribution < -0.4 is 0 Å². The fraction of sp³-hybridized carbons (Fsp3) is 0.944. The van der Waals surface area contributed by atoms with Crippen LogP contribution in [-0.2, 0) is 14.8 Å². The molecule has 2 heterocycles. The van der Waals surface area contributed by atoms with Crippen LogP contribution in [0, 0.1) is 28.6 Å². The van der Waals surface area contributed by atoms with E-state index in [-0.39, 0.29) is 40.4 Å². The number of carbonyl (C=O) groups is 1. The Balaban J connectivity index is 1.67. The molecule has 2 aliphatic carbocycles. The lowest BCUT2D eigenvalue weighted by molar-refractivity contribution is -0.134. The number of sulfonamides is 1. The van der Waals surface area contributed by atoms with Crippen molar-refractivity contribution < 1.29 is 13.2 Å². The summed E-state index contributed by atoms with van der Waals surface area (Å²) in [5.41, 5.74) is -0.198. The summed E-state index contributed by atoms with van der Waals surface area (Å²) >= 11 is 0. The highest BCUT2D eigenvalue weighted by Gasteiger charge is 2.72. The van der Waals surface area contributed by atoms with Gasteiger partial charge in [-0.3, -0.25) is 9.46 Å². The molecule has 4 aliphatic rings. The van der Waals surface area contributed by atoms with Crippen molar-refractivity contribution >= 4 is 25.3 Å². The summed E-state index contributed by atoms with van der Waals surface area (Å²) in [5.74, 6) is 0.707. The van der Waals surface area contributed by atoms with E-state index in [2.05, 4.69) is 34.8 Å². The van der Waals surface area contributed by atoms with E-state index >= 15 is 0 Å². The zero-order chi connectivity index (χ0) is 18.2. The minimum Gasteiger partial charge on any atom is -0.286 e. The molecule has 0 N–H and O–H groups in total. The van der Waals surface area contributed by atoms with Crippen LogP contribution in [0.25, 0.3) is 0 Å².